The standard InChI is InChI=1S/C48H33N3S/c1-48(2)40-19-8-6-15-38(40)43-39(18-11-20-41(43)48)47-50-45(33-26-22-31(23-27-33)30-12-4-3-5-13-30)49-46(51-47)34-28-24-32(25-29-34)35-16-10-17-37-36-14-7-9-21-42(36)52-44(35)37/h3-29H,1-2H3. The second-order valence-electron chi connectivity index (χ2n) is 14.0. The summed E-state index contributed by atoms with van der Waals surface area (Å²) in [5, 5.41) is 2.61. The van der Waals surface area contributed by atoms with Crippen LogP contribution in [0.15, 0.2) is 164 Å². The number of rotatable bonds is 5. The van der Waals surface area contributed by atoms with E-state index < -0.39 is 0 Å². The van der Waals surface area contributed by atoms with Crippen molar-refractivity contribution >= 4 is 31.5 Å². The van der Waals surface area contributed by atoms with E-state index in [0.29, 0.717) is 17.5 Å². The zero-order valence-electron chi connectivity index (χ0n) is 28.8. The van der Waals surface area contributed by atoms with Gasteiger partial charge in [-0.25, -0.2) is 15.0 Å². The zero-order chi connectivity index (χ0) is 34.8. The van der Waals surface area contributed by atoms with Crippen molar-refractivity contribution in [3.8, 4) is 67.5 Å². The van der Waals surface area contributed by atoms with Gasteiger partial charge in [-0.05, 0) is 50.6 Å². The Balaban J connectivity index is 1.12. The fourth-order valence-corrected chi connectivity index (χ4v) is 9.15. The van der Waals surface area contributed by atoms with Crippen molar-refractivity contribution < 1.29 is 0 Å². The van der Waals surface area contributed by atoms with Gasteiger partial charge in [0.15, 0.2) is 17.5 Å². The van der Waals surface area contributed by atoms with E-state index >= 15 is 0 Å². The summed E-state index contributed by atoms with van der Waals surface area (Å²) in [7, 11) is 0. The number of nitrogens with zero attached hydrogens (tertiary/aromatic N) is 3. The third-order valence-corrected chi connectivity index (χ3v) is 11.8. The number of benzene rings is 7. The van der Waals surface area contributed by atoms with E-state index in [9.17, 15) is 0 Å². The summed E-state index contributed by atoms with van der Waals surface area (Å²) in [5.74, 6) is 1.99. The van der Waals surface area contributed by atoms with Crippen molar-refractivity contribution in [2.45, 2.75) is 19.3 Å². The summed E-state index contributed by atoms with van der Waals surface area (Å²) in [6.07, 6.45) is 0. The predicted molar refractivity (Wildman–Crippen MR) is 217 cm³/mol. The van der Waals surface area contributed by atoms with Gasteiger partial charge >= 0.3 is 0 Å². The highest BCUT2D eigenvalue weighted by Gasteiger charge is 2.37. The summed E-state index contributed by atoms with van der Waals surface area (Å²) in [6, 6.07) is 58.2. The van der Waals surface area contributed by atoms with E-state index in [4.69, 9.17) is 15.0 Å². The molecule has 7 aromatic carbocycles. The Labute approximate surface area is 307 Å². The molecule has 0 spiro atoms. The van der Waals surface area contributed by atoms with Crippen LogP contribution in [0.25, 0.3) is 87.7 Å². The van der Waals surface area contributed by atoms with E-state index in [1.54, 1.807) is 0 Å². The van der Waals surface area contributed by atoms with Crippen LogP contribution in [0, 0.1) is 0 Å². The van der Waals surface area contributed by atoms with E-state index in [0.717, 1.165) is 22.3 Å². The number of aromatic nitrogens is 3. The lowest BCUT2D eigenvalue weighted by atomic mass is 9.82. The molecule has 1 aliphatic carbocycles. The molecular formula is C48H33N3S. The molecule has 3 nitrogen and oxygen atoms in total. The van der Waals surface area contributed by atoms with E-state index in [-0.39, 0.29) is 5.41 Å². The molecule has 52 heavy (non-hydrogen) atoms. The zero-order valence-corrected chi connectivity index (χ0v) is 29.7. The van der Waals surface area contributed by atoms with Crippen LogP contribution in [-0.2, 0) is 5.41 Å². The molecule has 246 valence electrons. The van der Waals surface area contributed by atoms with Crippen LogP contribution < -0.4 is 0 Å². The lowest BCUT2D eigenvalue weighted by molar-refractivity contribution is 0.660. The Hall–Kier alpha value is -6.23. The van der Waals surface area contributed by atoms with Gasteiger partial charge in [-0.15, -0.1) is 11.3 Å². The second-order valence-corrected chi connectivity index (χ2v) is 15.1. The van der Waals surface area contributed by atoms with Gasteiger partial charge in [0.2, 0.25) is 0 Å². The van der Waals surface area contributed by atoms with Gasteiger partial charge < -0.3 is 0 Å². The molecule has 10 rings (SSSR count). The first kappa shape index (κ1) is 30.6. The average Bonchev–Trinajstić information content (AvgIpc) is 3.70. The Morgan fingerprint density at radius 2 is 0.904 bits per heavy atom. The smallest absolute Gasteiger partial charge is 0.164 e. The third kappa shape index (κ3) is 4.90. The minimum absolute atomic E-state index is 0.124. The molecule has 0 bridgehead atoms. The van der Waals surface area contributed by atoms with Gasteiger partial charge in [0.1, 0.15) is 0 Å². The minimum atomic E-state index is -0.124. The Kier molecular flexibility index (Phi) is 7.02. The van der Waals surface area contributed by atoms with Crippen molar-refractivity contribution in [1.82, 2.24) is 15.0 Å². The van der Waals surface area contributed by atoms with Crippen LogP contribution in [-0.4, -0.2) is 15.0 Å². The van der Waals surface area contributed by atoms with Crippen molar-refractivity contribution in [2.24, 2.45) is 0 Å². The fraction of sp³-hybridized carbons (Fsp3) is 0.0625. The Morgan fingerprint density at radius 1 is 0.385 bits per heavy atom. The molecule has 2 heterocycles. The Bertz CT molecular complexity index is 2800. The maximum absolute atomic E-state index is 5.22. The largest absolute Gasteiger partial charge is 0.208 e. The molecule has 9 aromatic rings. The molecule has 1 aliphatic rings. The Morgan fingerprint density at radius 3 is 1.67 bits per heavy atom. The van der Waals surface area contributed by atoms with Gasteiger partial charge in [-0.1, -0.05) is 172 Å². The highest BCUT2D eigenvalue weighted by atomic mass is 32.1. The van der Waals surface area contributed by atoms with Crippen LogP contribution in [0.5, 0.6) is 0 Å². The summed E-state index contributed by atoms with van der Waals surface area (Å²) in [6.45, 7) is 4.61. The molecule has 0 saturated heterocycles. The first-order valence-electron chi connectivity index (χ1n) is 17.7. The van der Waals surface area contributed by atoms with Crippen molar-refractivity contribution in [3.05, 3.63) is 175 Å². The van der Waals surface area contributed by atoms with Crippen LogP contribution in [0.3, 0.4) is 0 Å². The summed E-state index contributed by atoms with van der Waals surface area (Å²) in [4.78, 5) is 15.6. The molecule has 0 unspecified atom stereocenters. The molecule has 0 saturated carbocycles. The second kappa shape index (κ2) is 11.9. The molecule has 0 N–H and O–H groups in total. The van der Waals surface area contributed by atoms with Crippen molar-refractivity contribution in [1.29, 1.82) is 0 Å². The monoisotopic (exact) mass is 683 g/mol. The van der Waals surface area contributed by atoms with E-state index in [2.05, 4.69) is 172 Å². The van der Waals surface area contributed by atoms with E-state index in [1.165, 1.54) is 59.1 Å². The van der Waals surface area contributed by atoms with Crippen LogP contribution in [0.4, 0.5) is 0 Å². The maximum Gasteiger partial charge on any atom is 0.164 e. The number of thiophene rings is 1. The molecule has 0 aliphatic heterocycles. The lowest BCUT2D eigenvalue weighted by Gasteiger charge is -2.21. The molecular weight excluding hydrogens is 651 g/mol. The molecule has 0 amide bonds. The lowest BCUT2D eigenvalue weighted by Crippen LogP contribution is -2.14. The van der Waals surface area contributed by atoms with Gasteiger partial charge in [0.05, 0.1) is 0 Å². The van der Waals surface area contributed by atoms with Gasteiger partial charge in [0, 0.05) is 42.3 Å². The topological polar surface area (TPSA) is 38.7 Å². The number of hydrogen-bond acceptors (Lipinski definition) is 4. The summed E-state index contributed by atoms with van der Waals surface area (Å²) in [5.41, 5.74) is 12.6. The van der Waals surface area contributed by atoms with Gasteiger partial charge in [-0.2, -0.15) is 0 Å². The maximum atomic E-state index is 5.22. The van der Waals surface area contributed by atoms with Crippen molar-refractivity contribution in [2.75, 3.05) is 0 Å². The quantitative estimate of drug-likeness (QED) is 0.181. The highest BCUT2D eigenvalue weighted by Crippen LogP contribution is 2.51. The van der Waals surface area contributed by atoms with Crippen LogP contribution in [0.1, 0.15) is 25.0 Å². The fourth-order valence-electron chi connectivity index (χ4n) is 7.91. The first-order chi connectivity index (χ1) is 25.5. The van der Waals surface area contributed by atoms with Crippen molar-refractivity contribution in [3.63, 3.8) is 0 Å². The van der Waals surface area contributed by atoms with Crippen LogP contribution >= 0.6 is 11.3 Å². The van der Waals surface area contributed by atoms with Gasteiger partial charge in [0.25, 0.3) is 0 Å². The average molecular weight is 684 g/mol. The highest BCUT2D eigenvalue weighted by molar-refractivity contribution is 7.26. The SMILES string of the molecule is CC1(C)c2ccccc2-c2c(-c3nc(-c4ccc(-c5ccccc5)cc4)nc(-c4ccc(-c5cccc6c5sc5ccccc56)cc4)n3)cccc21. The molecule has 0 atom stereocenters. The molecule has 0 fully saturated rings. The molecule has 2 aromatic heterocycles. The molecule has 4 heteroatoms. The number of fused-ring (bicyclic) bond motifs is 6. The normalized spacial score (nSPS) is 13.0. The summed E-state index contributed by atoms with van der Waals surface area (Å²) >= 11 is 1.85. The van der Waals surface area contributed by atoms with Crippen LogP contribution in [0.2, 0.25) is 0 Å². The predicted octanol–water partition coefficient (Wildman–Crippen LogP) is 12.9. The third-order valence-electron chi connectivity index (χ3n) is 10.6. The van der Waals surface area contributed by atoms with E-state index in [1.807, 2.05) is 17.4 Å². The number of hydrogen-bond donors (Lipinski definition) is 0. The minimum Gasteiger partial charge on any atom is -0.208 e. The first-order valence-corrected chi connectivity index (χ1v) is 18.5. The molecule has 0 radical (unpaired) electrons. The summed E-state index contributed by atoms with van der Waals surface area (Å²) < 4.78 is 2.61. The van der Waals surface area contributed by atoms with Gasteiger partial charge in [-0.3, -0.25) is 0 Å².